The maximum atomic E-state index is 11.9. The number of amides is 2. The Bertz CT molecular complexity index is 836. The molecule has 10 nitrogen and oxygen atoms in total. The molecule has 22 heavy (non-hydrogen) atoms. The van der Waals surface area contributed by atoms with Crippen molar-refractivity contribution in [2.45, 2.75) is 0 Å². The molecule has 1 aromatic heterocycles. The van der Waals surface area contributed by atoms with Gasteiger partial charge in [0.1, 0.15) is 0 Å². The van der Waals surface area contributed by atoms with Gasteiger partial charge in [0.25, 0.3) is 17.4 Å². The van der Waals surface area contributed by atoms with E-state index in [-0.39, 0.29) is 11.3 Å². The third-order valence-electron chi connectivity index (χ3n) is 2.66. The Morgan fingerprint density at radius 3 is 2.18 bits per heavy atom. The minimum absolute atomic E-state index is 0.144. The van der Waals surface area contributed by atoms with Gasteiger partial charge in [0.05, 0.1) is 0 Å². The Balaban J connectivity index is 2.24. The van der Waals surface area contributed by atoms with Crippen LogP contribution in [-0.2, 0) is 0 Å². The number of hydroxylamine groups is 1. The highest BCUT2D eigenvalue weighted by Crippen LogP contribution is 2.12. The minimum atomic E-state index is -1.05. The highest BCUT2D eigenvalue weighted by molar-refractivity contribution is 6.05. The number of aromatic hydroxyl groups is 1. The van der Waals surface area contributed by atoms with E-state index in [0.29, 0.717) is 0 Å². The molecular formula is C12H10N4O6. The van der Waals surface area contributed by atoms with Gasteiger partial charge in [-0.25, -0.2) is 10.3 Å². The van der Waals surface area contributed by atoms with Crippen LogP contribution in [0.15, 0.2) is 33.9 Å². The molecule has 1 aromatic carbocycles. The summed E-state index contributed by atoms with van der Waals surface area (Å²) in [6, 6.07) is 5.33. The van der Waals surface area contributed by atoms with Crippen molar-refractivity contribution in [2.24, 2.45) is 0 Å². The average molecular weight is 306 g/mol. The van der Waals surface area contributed by atoms with Crippen LogP contribution in [0.25, 0.3) is 0 Å². The van der Waals surface area contributed by atoms with Gasteiger partial charge in [0.15, 0.2) is 5.56 Å². The number of hydrogen-bond donors (Lipinski definition) is 6. The lowest BCUT2D eigenvalue weighted by Crippen LogP contribution is -2.30. The lowest BCUT2D eigenvalue weighted by Gasteiger charge is -2.06. The minimum Gasteiger partial charge on any atom is -0.494 e. The van der Waals surface area contributed by atoms with Crippen LogP contribution in [0, 0.1) is 0 Å². The Morgan fingerprint density at radius 2 is 1.64 bits per heavy atom. The number of H-pyrrole nitrogens is 2. The number of anilines is 1. The quantitative estimate of drug-likeness (QED) is 0.319. The van der Waals surface area contributed by atoms with Crippen molar-refractivity contribution in [3.63, 3.8) is 0 Å². The maximum absolute atomic E-state index is 11.9. The predicted molar refractivity (Wildman–Crippen MR) is 73.0 cm³/mol. The number of rotatable bonds is 3. The van der Waals surface area contributed by atoms with Crippen LogP contribution in [-0.4, -0.2) is 32.1 Å². The molecule has 0 aliphatic heterocycles. The molecule has 0 aliphatic carbocycles. The number of aromatic amines is 2. The van der Waals surface area contributed by atoms with E-state index in [1.165, 1.54) is 29.7 Å². The monoisotopic (exact) mass is 306 g/mol. The molecule has 0 radical (unpaired) electrons. The summed E-state index contributed by atoms with van der Waals surface area (Å²) in [5.41, 5.74) is -0.829. The first-order valence-electron chi connectivity index (χ1n) is 5.84. The molecule has 10 heteroatoms. The molecule has 0 fully saturated rings. The summed E-state index contributed by atoms with van der Waals surface area (Å²) in [6.07, 6.45) is 0. The first-order valence-corrected chi connectivity index (χ1v) is 5.84. The van der Waals surface area contributed by atoms with Gasteiger partial charge in [-0.3, -0.25) is 29.6 Å². The topological polar surface area (TPSA) is 164 Å². The van der Waals surface area contributed by atoms with Crippen molar-refractivity contribution in [1.82, 2.24) is 15.4 Å². The van der Waals surface area contributed by atoms with Crippen molar-refractivity contribution in [1.29, 1.82) is 0 Å². The third-order valence-corrected chi connectivity index (χ3v) is 2.66. The lowest BCUT2D eigenvalue weighted by atomic mass is 10.2. The van der Waals surface area contributed by atoms with E-state index in [9.17, 15) is 24.3 Å². The van der Waals surface area contributed by atoms with Crippen molar-refractivity contribution >= 4 is 17.5 Å². The zero-order valence-corrected chi connectivity index (χ0v) is 10.8. The third kappa shape index (κ3) is 3.02. The zero-order chi connectivity index (χ0) is 16.3. The van der Waals surface area contributed by atoms with Gasteiger partial charge in [0, 0.05) is 11.3 Å². The van der Waals surface area contributed by atoms with E-state index in [4.69, 9.17) is 5.21 Å². The van der Waals surface area contributed by atoms with Gasteiger partial charge in [-0.2, -0.15) is 0 Å². The van der Waals surface area contributed by atoms with E-state index in [2.05, 4.69) is 5.32 Å². The molecule has 114 valence electrons. The summed E-state index contributed by atoms with van der Waals surface area (Å²) < 4.78 is 0. The SMILES string of the molecule is O=C(NO)c1ccc(NC(=O)c2c(O)[nH]c(=O)[nH]c2=O)cc1. The molecule has 0 bridgehead atoms. The van der Waals surface area contributed by atoms with Gasteiger partial charge in [0.2, 0.25) is 5.88 Å². The Kier molecular flexibility index (Phi) is 4.04. The van der Waals surface area contributed by atoms with Crippen LogP contribution < -0.4 is 22.0 Å². The second-order valence-electron chi connectivity index (χ2n) is 4.10. The zero-order valence-electron chi connectivity index (χ0n) is 10.8. The normalized spacial score (nSPS) is 10.0. The highest BCUT2D eigenvalue weighted by Gasteiger charge is 2.17. The van der Waals surface area contributed by atoms with Crippen molar-refractivity contribution in [3.8, 4) is 5.88 Å². The molecule has 2 rings (SSSR count). The number of carbonyl (C=O) groups excluding carboxylic acids is 2. The number of aromatic nitrogens is 2. The summed E-state index contributed by atoms with van der Waals surface area (Å²) in [5.74, 6) is -2.54. The Labute approximate surface area is 121 Å². The van der Waals surface area contributed by atoms with E-state index in [1.54, 1.807) is 0 Å². The average Bonchev–Trinajstić information content (AvgIpc) is 2.46. The van der Waals surface area contributed by atoms with Gasteiger partial charge in [-0.15, -0.1) is 0 Å². The predicted octanol–water partition coefficient (Wildman–Crippen LogP) is -0.860. The van der Waals surface area contributed by atoms with E-state index >= 15 is 0 Å². The van der Waals surface area contributed by atoms with Gasteiger partial charge in [-0.05, 0) is 24.3 Å². The summed E-state index contributed by atoms with van der Waals surface area (Å²) in [7, 11) is 0. The second kappa shape index (κ2) is 5.93. The molecule has 0 aliphatic rings. The molecule has 0 unspecified atom stereocenters. The lowest BCUT2D eigenvalue weighted by molar-refractivity contribution is 0.0706. The van der Waals surface area contributed by atoms with E-state index in [0.717, 1.165) is 0 Å². The Hall–Kier alpha value is -3.40. The fourth-order valence-electron chi connectivity index (χ4n) is 1.65. The van der Waals surface area contributed by atoms with Crippen LogP contribution in [0.5, 0.6) is 5.88 Å². The number of benzene rings is 1. The largest absolute Gasteiger partial charge is 0.494 e. The fourth-order valence-corrected chi connectivity index (χ4v) is 1.65. The van der Waals surface area contributed by atoms with Crippen LogP contribution >= 0.6 is 0 Å². The van der Waals surface area contributed by atoms with Gasteiger partial charge in [-0.1, -0.05) is 0 Å². The van der Waals surface area contributed by atoms with Crippen molar-refractivity contribution < 1.29 is 19.9 Å². The summed E-state index contributed by atoms with van der Waals surface area (Å²) in [5, 5.41) is 20.2. The summed E-state index contributed by atoms with van der Waals surface area (Å²) in [4.78, 5) is 49.1. The first kappa shape index (κ1) is 15.0. The molecular weight excluding hydrogens is 296 g/mol. The Morgan fingerprint density at radius 1 is 1.00 bits per heavy atom. The van der Waals surface area contributed by atoms with E-state index in [1.807, 2.05) is 9.97 Å². The maximum Gasteiger partial charge on any atom is 0.328 e. The van der Waals surface area contributed by atoms with Crippen LogP contribution in [0.3, 0.4) is 0 Å². The molecule has 0 saturated carbocycles. The molecule has 2 aromatic rings. The molecule has 2 amide bonds. The van der Waals surface area contributed by atoms with Crippen molar-refractivity contribution in [3.05, 3.63) is 56.2 Å². The van der Waals surface area contributed by atoms with Crippen molar-refractivity contribution in [2.75, 3.05) is 5.32 Å². The summed E-state index contributed by atoms with van der Waals surface area (Å²) in [6.45, 7) is 0. The van der Waals surface area contributed by atoms with Crippen LogP contribution in [0.4, 0.5) is 5.69 Å². The molecule has 1 heterocycles. The molecule has 0 saturated heterocycles. The second-order valence-corrected chi connectivity index (χ2v) is 4.10. The number of nitrogens with one attached hydrogen (secondary N) is 4. The van der Waals surface area contributed by atoms with Crippen LogP contribution in [0.1, 0.15) is 20.7 Å². The van der Waals surface area contributed by atoms with Gasteiger partial charge >= 0.3 is 5.69 Å². The smallest absolute Gasteiger partial charge is 0.328 e. The standard InChI is InChI=1S/C12H10N4O6/c17-8(16-22)5-1-3-6(4-2-5)13-9(18)7-10(19)14-12(21)15-11(7)20/h1-4,22H,(H,13,18)(H,16,17)(H3,14,15,19,20,21). The fraction of sp³-hybridized carbons (Fsp3) is 0. The van der Waals surface area contributed by atoms with Gasteiger partial charge < -0.3 is 10.4 Å². The van der Waals surface area contributed by atoms with E-state index < -0.39 is 34.5 Å². The van der Waals surface area contributed by atoms with Crippen LogP contribution in [0.2, 0.25) is 0 Å². The highest BCUT2D eigenvalue weighted by atomic mass is 16.5. The summed E-state index contributed by atoms with van der Waals surface area (Å²) >= 11 is 0. The first-order chi connectivity index (χ1) is 10.4. The number of hydrogen-bond acceptors (Lipinski definition) is 6. The molecule has 0 spiro atoms. The molecule has 6 N–H and O–H groups in total. The molecule has 0 atom stereocenters. The number of carbonyl (C=O) groups is 2.